The maximum atomic E-state index is 5.88. The maximum Gasteiger partial charge on any atom is 3.00 e. The number of rotatable bonds is 3. The first-order chi connectivity index (χ1) is 13.7. The van der Waals surface area contributed by atoms with E-state index >= 15 is 0 Å². The van der Waals surface area contributed by atoms with Crippen LogP contribution in [0.5, 0.6) is 5.75 Å². The van der Waals surface area contributed by atoms with E-state index in [0.717, 1.165) is 5.75 Å². The third-order valence-corrected chi connectivity index (χ3v) is 7.80. The third-order valence-electron chi connectivity index (χ3n) is 4.30. The smallest absolute Gasteiger partial charge is 0.497 e. The summed E-state index contributed by atoms with van der Waals surface area (Å²) in [5, 5.41) is 2.87. The number of ether oxygens (including phenoxy) is 1. The van der Waals surface area contributed by atoms with E-state index in [9.17, 15) is 0 Å². The molecule has 1 nitrogen and oxygen atoms in total. The molecule has 0 saturated carbocycles. The summed E-state index contributed by atoms with van der Waals surface area (Å²) in [6, 6.07) is 13.4. The summed E-state index contributed by atoms with van der Waals surface area (Å²) in [6.45, 7) is 34.9. The van der Waals surface area contributed by atoms with Crippen LogP contribution in [0.1, 0.15) is 31.9 Å². The van der Waals surface area contributed by atoms with Crippen LogP contribution in [-0.2, 0) is 31.3 Å². The molecule has 5 heteroatoms. The van der Waals surface area contributed by atoms with Crippen LogP contribution in [-0.4, -0.2) is 31.3 Å². The zero-order valence-corrected chi connectivity index (χ0v) is 28.2. The van der Waals surface area contributed by atoms with Crippen LogP contribution in [0.2, 0.25) is 52.4 Å². The third kappa shape index (κ3) is 13.6. The van der Waals surface area contributed by atoms with Crippen molar-refractivity contribution in [1.29, 1.82) is 0 Å². The molecule has 0 radical (unpaired) electrons. The summed E-state index contributed by atoms with van der Waals surface area (Å²) in [4.78, 5) is 0. The van der Waals surface area contributed by atoms with Gasteiger partial charge in [0.25, 0.3) is 0 Å². The van der Waals surface area contributed by atoms with Crippen molar-refractivity contribution in [2.45, 2.75) is 85.5 Å². The van der Waals surface area contributed by atoms with Crippen molar-refractivity contribution in [2.24, 2.45) is 0 Å². The van der Waals surface area contributed by atoms with Gasteiger partial charge in [-0.25, -0.2) is 12.1 Å². The average Bonchev–Trinajstić information content (AvgIpc) is 3.05. The van der Waals surface area contributed by atoms with Gasteiger partial charge in [0.1, 0.15) is 5.75 Å². The number of aryl methyl sites for hydroxylation is 1. The van der Waals surface area contributed by atoms with Gasteiger partial charge in [0.05, 0.1) is 15.2 Å². The van der Waals surface area contributed by atoms with E-state index in [1.54, 1.807) is 7.11 Å². The molecular formula is C27H49OScSi3. The van der Waals surface area contributed by atoms with Gasteiger partial charge in [0.15, 0.2) is 0 Å². The Balaban J connectivity index is 0. The van der Waals surface area contributed by atoms with E-state index in [1.165, 1.54) is 21.5 Å². The Labute approximate surface area is 222 Å². The molecule has 178 valence electrons. The van der Waals surface area contributed by atoms with Gasteiger partial charge in [-0.1, -0.05) is 90.8 Å². The van der Waals surface area contributed by atoms with Crippen molar-refractivity contribution in [3.8, 4) is 5.75 Å². The van der Waals surface area contributed by atoms with Crippen LogP contribution in [0.4, 0.5) is 0 Å². The van der Waals surface area contributed by atoms with Gasteiger partial charge in [-0.3, -0.25) is 0 Å². The van der Waals surface area contributed by atoms with Crippen LogP contribution >= 0.6 is 0 Å². The zero-order valence-electron chi connectivity index (χ0n) is 23.4. The molecule has 0 aliphatic rings. The molecule has 2 rings (SSSR count). The normalized spacial score (nSPS) is 12.0. The molecule has 0 spiro atoms. The first-order valence-corrected chi connectivity index (χ1v) is 21.7. The largest absolute Gasteiger partial charge is 3.00 e. The second kappa shape index (κ2) is 13.1. The summed E-state index contributed by atoms with van der Waals surface area (Å²) in [5.41, 5.74) is 2.72. The topological polar surface area (TPSA) is 9.23 Å². The second-order valence-corrected chi connectivity index (χ2v) is 27.2. The van der Waals surface area contributed by atoms with Crippen molar-refractivity contribution < 1.29 is 30.6 Å². The van der Waals surface area contributed by atoms with Gasteiger partial charge in [0.2, 0.25) is 0 Å². The van der Waals surface area contributed by atoms with Crippen molar-refractivity contribution in [3.63, 3.8) is 0 Å². The molecule has 0 atom stereocenters. The summed E-state index contributed by atoms with van der Waals surface area (Å²) < 4.78 is 5.88. The van der Waals surface area contributed by atoms with Crippen molar-refractivity contribution in [1.82, 2.24) is 0 Å². The Bertz CT molecular complexity index is 766. The molecule has 0 fully saturated rings. The van der Waals surface area contributed by atoms with Crippen molar-refractivity contribution in [2.75, 3.05) is 7.11 Å². The second-order valence-electron chi connectivity index (χ2n) is 12.6. The van der Waals surface area contributed by atoms with Gasteiger partial charge in [-0.2, -0.15) is 17.3 Å². The summed E-state index contributed by atoms with van der Waals surface area (Å²) in [5.74, 6) is 1.09. The molecule has 2 aromatic carbocycles. The molecule has 0 heterocycles. The van der Waals surface area contributed by atoms with Crippen LogP contribution < -0.4 is 15.1 Å². The Morgan fingerprint density at radius 1 is 0.812 bits per heavy atom. The van der Waals surface area contributed by atoms with E-state index in [2.05, 4.69) is 130 Å². The molecule has 0 amide bonds. The fourth-order valence-electron chi connectivity index (χ4n) is 2.96. The van der Waals surface area contributed by atoms with Crippen LogP contribution in [0.15, 0.2) is 36.4 Å². The predicted molar refractivity (Wildman–Crippen MR) is 153 cm³/mol. The Morgan fingerprint density at radius 3 is 1.50 bits per heavy atom. The molecule has 32 heavy (non-hydrogen) atoms. The number of hydrogen-bond donors (Lipinski definition) is 0. The monoisotopic (exact) mass is 518 g/mol. The van der Waals surface area contributed by atoms with E-state index in [0.29, 0.717) is 0 Å². The SMILES string of the molecule is COc1c(C(C)(C)C)cc(C)cc1[Si](C)(C)[c-]1cccc1.[CH2-][Si](C)(C)C.[CH2-][Si](C)(C)C.[Sc+3]. The zero-order chi connectivity index (χ0) is 24.8. The standard InChI is InChI=1S/C19H27OSi.2C4H11Si.Sc/c1-14-12-16(19(2,3)4)18(20-5)17(13-14)21(6,7)15-10-8-9-11-15;2*1-5(2,3)4;/h8-13H,1-7H3;2*1H2,2-4H3;/q3*-1;+3. The first-order valence-electron chi connectivity index (χ1n) is 11.3. The van der Waals surface area contributed by atoms with Crippen molar-refractivity contribution in [3.05, 3.63) is 60.6 Å². The van der Waals surface area contributed by atoms with Crippen LogP contribution in [0.25, 0.3) is 0 Å². The van der Waals surface area contributed by atoms with E-state index in [1.807, 2.05) is 0 Å². The van der Waals surface area contributed by atoms with Gasteiger partial charge >= 0.3 is 25.8 Å². The van der Waals surface area contributed by atoms with Gasteiger partial charge < -0.3 is 17.8 Å². The summed E-state index contributed by atoms with van der Waals surface area (Å²) >= 11 is 0. The summed E-state index contributed by atoms with van der Waals surface area (Å²) in [6.07, 6.45) is 0. The first kappa shape index (κ1) is 34.1. The molecule has 0 saturated heterocycles. The van der Waals surface area contributed by atoms with Gasteiger partial charge in [0, 0.05) is 0 Å². The molecule has 0 aliphatic heterocycles. The van der Waals surface area contributed by atoms with Gasteiger partial charge in [-0.15, -0.1) is 16.1 Å². The number of methoxy groups -OCH3 is 1. The Morgan fingerprint density at radius 2 is 1.19 bits per heavy atom. The molecule has 2 aromatic rings. The minimum Gasteiger partial charge on any atom is -0.497 e. The molecule has 0 unspecified atom stereocenters. The molecule has 0 aromatic heterocycles. The fourth-order valence-corrected chi connectivity index (χ4v) is 5.69. The minimum atomic E-state index is -1.74. The molecule has 0 aliphatic carbocycles. The van der Waals surface area contributed by atoms with Crippen molar-refractivity contribution >= 4 is 34.6 Å². The molecule has 0 N–H and O–H groups in total. The predicted octanol–water partition coefficient (Wildman–Crippen LogP) is 7.24. The fraction of sp³-hybridized carbons (Fsp3) is 0.519. The maximum absolute atomic E-state index is 5.88. The van der Waals surface area contributed by atoms with E-state index < -0.39 is 24.2 Å². The Hall–Kier alpha value is -0.109. The Kier molecular flexibility index (Phi) is 13.9. The minimum absolute atomic E-state index is 0. The average molecular weight is 519 g/mol. The van der Waals surface area contributed by atoms with E-state index in [4.69, 9.17) is 4.74 Å². The van der Waals surface area contributed by atoms with Crippen LogP contribution in [0.3, 0.4) is 0 Å². The molecular weight excluding hydrogens is 470 g/mol. The molecule has 0 bridgehead atoms. The number of benzene rings is 1. The van der Waals surface area contributed by atoms with Crippen LogP contribution in [0, 0.1) is 20.0 Å². The summed E-state index contributed by atoms with van der Waals surface area (Å²) in [7, 11) is -1.65. The van der Waals surface area contributed by atoms with Gasteiger partial charge in [-0.05, 0) is 23.1 Å². The number of hydrogen-bond acceptors (Lipinski definition) is 1. The quantitative estimate of drug-likeness (QED) is 0.307. The van der Waals surface area contributed by atoms with E-state index in [-0.39, 0.29) is 31.3 Å².